The van der Waals surface area contributed by atoms with Crippen molar-refractivity contribution in [3.63, 3.8) is 0 Å². The molecule has 0 bridgehead atoms. The predicted molar refractivity (Wildman–Crippen MR) is 96.2 cm³/mol. The summed E-state index contributed by atoms with van der Waals surface area (Å²) in [6.07, 6.45) is 0.0430. The largest absolute Gasteiger partial charge is 0.444 e. The zero-order valence-corrected chi connectivity index (χ0v) is 15.9. The molecule has 1 heterocycles. The number of ether oxygens (including phenoxy) is 1. The molecular formula is C17H34N4O3. The molecule has 1 amide bonds. The van der Waals surface area contributed by atoms with Gasteiger partial charge < -0.3 is 25.4 Å². The number of likely N-dealkylation sites (tertiary alicyclic amines) is 1. The van der Waals surface area contributed by atoms with Crippen molar-refractivity contribution in [3.05, 3.63) is 0 Å². The molecule has 1 unspecified atom stereocenters. The van der Waals surface area contributed by atoms with E-state index in [-0.39, 0.29) is 18.1 Å². The van der Waals surface area contributed by atoms with Crippen LogP contribution in [0.4, 0.5) is 4.79 Å². The van der Waals surface area contributed by atoms with Crippen LogP contribution in [0.1, 0.15) is 48.0 Å². The van der Waals surface area contributed by atoms with Crippen LogP contribution in [0.3, 0.4) is 0 Å². The molecule has 0 aromatic rings. The first-order valence-electron chi connectivity index (χ1n) is 8.83. The van der Waals surface area contributed by atoms with Gasteiger partial charge in [0.05, 0.1) is 18.7 Å². The maximum absolute atomic E-state index is 12.0. The molecule has 0 radical (unpaired) electrons. The second kappa shape index (κ2) is 9.11. The predicted octanol–water partition coefficient (Wildman–Crippen LogP) is 1.57. The number of guanidine groups is 1. The summed E-state index contributed by atoms with van der Waals surface area (Å²) >= 11 is 0. The summed E-state index contributed by atoms with van der Waals surface area (Å²) in [7, 11) is 0. The minimum Gasteiger partial charge on any atom is -0.444 e. The third-order valence-electron chi connectivity index (χ3n) is 3.74. The van der Waals surface area contributed by atoms with Crippen molar-refractivity contribution in [2.75, 3.05) is 26.2 Å². The lowest BCUT2D eigenvalue weighted by molar-refractivity contribution is 0.0493. The number of hydrogen-bond donors (Lipinski definition) is 3. The number of hydrogen-bond acceptors (Lipinski definition) is 4. The van der Waals surface area contributed by atoms with Crippen molar-refractivity contribution < 1.29 is 14.6 Å². The molecule has 0 spiro atoms. The normalized spacial score (nSPS) is 20.2. The second-order valence-electron chi connectivity index (χ2n) is 7.58. The summed E-state index contributed by atoms with van der Waals surface area (Å²) in [4.78, 5) is 18.7. The molecule has 1 aliphatic rings. The average molecular weight is 342 g/mol. The lowest BCUT2D eigenvalue weighted by Gasteiger charge is -2.26. The van der Waals surface area contributed by atoms with E-state index in [0.29, 0.717) is 13.1 Å². The number of aliphatic hydroxyl groups excluding tert-OH is 1. The van der Waals surface area contributed by atoms with Crippen LogP contribution >= 0.6 is 0 Å². The number of alkyl carbamates (subject to hydrolysis) is 1. The van der Waals surface area contributed by atoms with Gasteiger partial charge in [0.25, 0.3) is 0 Å². The van der Waals surface area contributed by atoms with Gasteiger partial charge in [-0.1, -0.05) is 13.8 Å². The second-order valence-corrected chi connectivity index (χ2v) is 7.58. The van der Waals surface area contributed by atoms with Crippen LogP contribution in [0.25, 0.3) is 0 Å². The van der Waals surface area contributed by atoms with E-state index in [1.54, 1.807) is 0 Å². The molecule has 0 aromatic heterocycles. The number of amides is 1. The van der Waals surface area contributed by atoms with Crippen molar-refractivity contribution in [2.45, 2.75) is 65.7 Å². The molecule has 0 aliphatic carbocycles. The van der Waals surface area contributed by atoms with Crippen molar-refractivity contribution in [1.29, 1.82) is 0 Å². The summed E-state index contributed by atoms with van der Waals surface area (Å²) in [5.74, 6) is 1.01. The first-order chi connectivity index (χ1) is 11.1. The quantitative estimate of drug-likeness (QED) is 0.521. The van der Waals surface area contributed by atoms with Gasteiger partial charge in [-0.05, 0) is 40.0 Å². The summed E-state index contributed by atoms with van der Waals surface area (Å²) < 4.78 is 5.33. The van der Waals surface area contributed by atoms with Gasteiger partial charge in [-0.25, -0.2) is 4.79 Å². The first-order valence-corrected chi connectivity index (χ1v) is 8.83. The third kappa shape index (κ3) is 7.38. The Morgan fingerprint density at radius 3 is 2.54 bits per heavy atom. The number of carbonyl (C=O) groups excluding carboxylic acids is 1. The SMILES string of the molecule is CCNC(=NCC(NC(=O)OC(C)(C)C)C(C)C)N1CC[C@@H](O)C1. The van der Waals surface area contributed by atoms with E-state index in [1.165, 1.54) is 0 Å². The summed E-state index contributed by atoms with van der Waals surface area (Å²) in [5.41, 5.74) is -0.518. The summed E-state index contributed by atoms with van der Waals surface area (Å²) in [5, 5.41) is 15.9. The molecule has 7 nitrogen and oxygen atoms in total. The van der Waals surface area contributed by atoms with Gasteiger partial charge in [0.1, 0.15) is 5.60 Å². The Morgan fingerprint density at radius 1 is 1.42 bits per heavy atom. The van der Waals surface area contributed by atoms with Crippen LogP contribution in [-0.4, -0.2) is 66.0 Å². The van der Waals surface area contributed by atoms with Crippen LogP contribution in [-0.2, 0) is 4.74 Å². The fourth-order valence-electron chi connectivity index (χ4n) is 2.43. The van der Waals surface area contributed by atoms with Gasteiger partial charge in [-0.2, -0.15) is 0 Å². The van der Waals surface area contributed by atoms with Crippen LogP contribution in [0.5, 0.6) is 0 Å². The molecule has 1 aliphatic heterocycles. The Hall–Kier alpha value is -1.50. The maximum atomic E-state index is 12.0. The van der Waals surface area contributed by atoms with E-state index in [9.17, 15) is 9.90 Å². The van der Waals surface area contributed by atoms with E-state index in [1.807, 2.05) is 41.5 Å². The molecular weight excluding hydrogens is 308 g/mol. The maximum Gasteiger partial charge on any atom is 0.407 e. The third-order valence-corrected chi connectivity index (χ3v) is 3.74. The number of nitrogens with one attached hydrogen (secondary N) is 2. The lowest BCUT2D eigenvalue weighted by atomic mass is 10.1. The number of nitrogens with zero attached hydrogens (tertiary/aromatic N) is 2. The average Bonchev–Trinajstić information content (AvgIpc) is 2.86. The van der Waals surface area contributed by atoms with Gasteiger partial charge in [0, 0.05) is 19.6 Å². The van der Waals surface area contributed by atoms with Crippen molar-refractivity contribution in [3.8, 4) is 0 Å². The highest BCUT2D eigenvalue weighted by atomic mass is 16.6. The highest BCUT2D eigenvalue weighted by Crippen LogP contribution is 2.11. The van der Waals surface area contributed by atoms with Crippen molar-refractivity contribution >= 4 is 12.1 Å². The van der Waals surface area contributed by atoms with Crippen LogP contribution < -0.4 is 10.6 Å². The number of aliphatic hydroxyl groups is 1. The Labute approximate surface area is 145 Å². The number of aliphatic imine (C=N–C) groups is 1. The number of carbonyl (C=O) groups is 1. The Bertz CT molecular complexity index is 432. The van der Waals surface area contributed by atoms with Gasteiger partial charge in [-0.15, -0.1) is 0 Å². The molecule has 140 valence electrons. The number of β-amino-alcohol motifs (C(OH)–C–C–N with tert-alkyl or cyclic N) is 1. The monoisotopic (exact) mass is 342 g/mol. The zero-order valence-electron chi connectivity index (χ0n) is 15.9. The van der Waals surface area contributed by atoms with Gasteiger partial charge in [0.15, 0.2) is 5.96 Å². The highest BCUT2D eigenvalue weighted by molar-refractivity contribution is 5.80. The van der Waals surface area contributed by atoms with Gasteiger partial charge in [0.2, 0.25) is 0 Å². The topological polar surface area (TPSA) is 86.2 Å². The molecule has 0 saturated carbocycles. The fraction of sp³-hybridized carbons (Fsp3) is 0.882. The van der Waals surface area contributed by atoms with Crippen molar-refractivity contribution in [2.24, 2.45) is 10.9 Å². The van der Waals surface area contributed by atoms with Crippen LogP contribution in [0.15, 0.2) is 4.99 Å². The van der Waals surface area contributed by atoms with Crippen molar-refractivity contribution in [1.82, 2.24) is 15.5 Å². The molecule has 0 aromatic carbocycles. The van der Waals surface area contributed by atoms with E-state index >= 15 is 0 Å². The molecule has 3 N–H and O–H groups in total. The van der Waals surface area contributed by atoms with E-state index in [4.69, 9.17) is 4.74 Å². The molecule has 7 heteroatoms. The minimum absolute atomic E-state index is 0.110. The van der Waals surface area contributed by atoms with Crippen LogP contribution in [0.2, 0.25) is 0 Å². The van der Waals surface area contributed by atoms with E-state index in [2.05, 4.69) is 20.5 Å². The van der Waals surface area contributed by atoms with Gasteiger partial charge >= 0.3 is 6.09 Å². The van der Waals surface area contributed by atoms with Crippen LogP contribution in [0, 0.1) is 5.92 Å². The number of rotatable bonds is 5. The lowest BCUT2D eigenvalue weighted by Crippen LogP contribution is -2.45. The minimum atomic E-state index is -0.518. The first kappa shape index (κ1) is 20.5. The molecule has 1 fully saturated rings. The molecule has 1 rings (SSSR count). The Kier molecular flexibility index (Phi) is 7.79. The standard InChI is InChI=1S/C17H34N4O3/c1-7-18-15(21-9-8-13(22)11-21)19-10-14(12(2)3)20-16(23)24-17(4,5)6/h12-14,22H,7-11H2,1-6H3,(H,18,19)(H,20,23)/t13-,14?/m1/s1. The summed E-state index contributed by atoms with van der Waals surface area (Å²) in [6, 6.07) is -0.110. The Balaban J connectivity index is 2.69. The zero-order chi connectivity index (χ0) is 18.3. The Morgan fingerprint density at radius 2 is 2.08 bits per heavy atom. The fourth-order valence-corrected chi connectivity index (χ4v) is 2.43. The van der Waals surface area contributed by atoms with E-state index in [0.717, 1.165) is 25.5 Å². The molecule has 2 atom stereocenters. The smallest absolute Gasteiger partial charge is 0.407 e. The highest BCUT2D eigenvalue weighted by Gasteiger charge is 2.24. The van der Waals surface area contributed by atoms with Gasteiger partial charge in [-0.3, -0.25) is 4.99 Å². The molecule has 24 heavy (non-hydrogen) atoms. The summed E-state index contributed by atoms with van der Waals surface area (Å²) in [6.45, 7) is 14.2. The molecule has 1 saturated heterocycles. The van der Waals surface area contributed by atoms with E-state index < -0.39 is 11.7 Å².